The van der Waals surface area contributed by atoms with Gasteiger partial charge in [0.1, 0.15) is 5.60 Å². The van der Waals surface area contributed by atoms with Gasteiger partial charge >= 0.3 is 6.09 Å². The van der Waals surface area contributed by atoms with E-state index < -0.39 is 11.7 Å². The van der Waals surface area contributed by atoms with E-state index in [-0.39, 0.29) is 12.0 Å². The number of hydrogen-bond donors (Lipinski definition) is 1. The summed E-state index contributed by atoms with van der Waals surface area (Å²) < 4.78 is 6.29. The third kappa shape index (κ3) is 4.95. The number of amides is 1. The molecule has 0 spiro atoms. The van der Waals surface area contributed by atoms with Crippen molar-refractivity contribution < 1.29 is 14.6 Å². The van der Waals surface area contributed by atoms with Crippen LogP contribution in [-0.4, -0.2) is 45.9 Å². The number of carbonyl (C=O) groups is 1. The van der Waals surface area contributed by atoms with Crippen LogP contribution in [0.4, 0.5) is 4.79 Å². The molecular formula is C16H23BrN2O3. The van der Waals surface area contributed by atoms with E-state index in [9.17, 15) is 9.90 Å². The maximum absolute atomic E-state index is 12.0. The lowest BCUT2D eigenvalue weighted by Gasteiger charge is -2.25. The minimum absolute atomic E-state index is 0.0676. The molecule has 5 nitrogen and oxygen atoms in total. The summed E-state index contributed by atoms with van der Waals surface area (Å²) in [6, 6.07) is 3.81. The number of rotatable bonds is 3. The van der Waals surface area contributed by atoms with Gasteiger partial charge in [0, 0.05) is 41.8 Å². The Morgan fingerprint density at radius 3 is 2.86 bits per heavy atom. The largest absolute Gasteiger partial charge is 0.444 e. The third-order valence-corrected chi connectivity index (χ3v) is 4.10. The van der Waals surface area contributed by atoms with Crippen molar-refractivity contribution in [3.63, 3.8) is 0 Å². The SMILES string of the molecule is CC(C)(C)OC(=O)N1CCC(C(O)Cc2ccc(Br)cn2)C1. The molecule has 2 heterocycles. The first-order chi connectivity index (χ1) is 10.2. The quantitative estimate of drug-likeness (QED) is 0.887. The molecule has 6 heteroatoms. The number of aliphatic hydroxyl groups is 1. The second-order valence-electron chi connectivity index (χ2n) is 6.71. The van der Waals surface area contributed by atoms with Gasteiger partial charge in [0.05, 0.1) is 6.10 Å². The van der Waals surface area contributed by atoms with Crippen molar-refractivity contribution in [2.45, 2.75) is 45.3 Å². The first kappa shape index (κ1) is 17.2. The number of nitrogens with zero attached hydrogens (tertiary/aromatic N) is 2. The third-order valence-electron chi connectivity index (χ3n) is 3.63. The maximum Gasteiger partial charge on any atom is 0.410 e. The van der Waals surface area contributed by atoms with E-state index in [4.69, 9.17) is 4.74 Å². The number of carbonyl (C=O) groups excluding carboxylic acids is 1. The standard InChI is InChI=1S/C16H23BrN2O3/c1-16(2,3)22-15(21)19-7-6-11(10-19)14(20)8-13-5-4-12(17)9-18-13/h4-5,9,11,14,20H,6-8,10H2,1-3H3. The van der Waals surface area contributed by atoms with E-state index in [1.807, 2.05) is 32.9 Å². The van der Waals surface area contributed by atoms with Crippen LogP contribution in [0.25, 0.3) is 0 Å². The predicted octanol–water partition coefficient (Wildman–Crippen LogP) is 3.00. The van der Waals surface area contributed by atoms with Crippen LogP contribution >= 0.6 is 15.9 Å². The lowest BCUT2D eigenvalue weighted by Crippen LogP contribution is -2.36. The predicted molar refractivity (Wildman–Crippen MR) is 87.6 cm³/mol. The molecule has 1 N–H and O–H groups in total. The van der Waals surface area contributed by atoms with Crippen LogP contribution in [0.3, 0.4) is 0 Å². The molecule has 0 radical (unpaired) electrons. The van der Waals surface area contributed by atoms with Gasteiger partial charge in [0.2, 0.25) is 0 Å². The van der Waals surface area contributed by atoms with E-state index in [0.29, 0.717) is 19.5 Å². The van der Waals surface area contributed by atoms with Crippen LogP contribution in [0.1, 0.15) is 32.9 Å². The topological polar surface area (TPSA) is 62.7 Å². The Hall–Kier alpha value is -1.14. The van der Waals surface area contributed by atoms with Gasteiger partial charge in [0.15, 0.2) is 0 Å². The Kier molecular flexibility index (Phi) is 5.45. The number of aromatic nitrogens is 1. The fourth-order valence-electron chi connectivity index (χ4n) is 2.50. The monoisotopic (exact) mass is 370 g/mol. The van der Waals surface area contributed by atoms with Gasteiger partial charge in [-0.2, -0.15) is 0 Å². The average Bonchev–Trinajstić information content (AvgIpc) is 2.89. The summed E-state index contributed by atoms with van der Waals surface area (Å²) >= 11 is 3.34. The van der Waals surface area contributed by atoms with Crippen LogP contribution in [0.15, 0.2) is 22.8 Å². The summed E-state index contributed by atoms with van der Waals surface area (Å²) in [5.74, 6) is 0.0676. The molecule has 1 fully saturated rings. The normalized spacial score (nSPS) is 20.0. The molecule has 1 saturated heterocycles. The number of ether oxygens (including phenoxy) is 1. The Labute approximate surface area is 139 Å². The van der Waals surface area contributed by atoms with Crippen molar-refractivity contribution in [2.75, 3.05) is 13.1 Å². The minimum Gasteiger partial charge on any atom is -0.444 e. The van der Waals surface area contributed by atoms with E-state index in [1.165, 1.54) is 0 Å². The zero-order valence-corrected chi connectivity index (χ0v) is 14.8. The molecule has 2 rings (SSSR count). The molecule has 1 aliphatic heterocycles. The molecule has 122 valence electrons. The number of likely N-dealkylation sites (tertiary alicyclic amines) is 1. The van der Waals surface area contributed by atoms with Crippen LogP contribution in [-0.2, 0) is 11.2 Å². The van der Waals surface area contributed by atoms with Crippen molar-refractivity contribution in [1.29, 1.82) is 0 Å². The van der Waals surface area contributed by atoms with E-state index >= 15 is 0 Å². The Balaban J connectivity index is 1.87. The van der Waals surface area contributed by atoms with E-state index in [0.717, 1.165) is 16.6 Å². The molecule has 0 aliphatic carbocycles. The Morgan fingerprint density at radius 2 is 2.27 bits per heavy atom. The zero-order chi connectivity index (χ0) is 16.3. The van der Waals surface area contributed by atoms with Gasteiger partial charge in [0.25, 0.3) is 0 Å². The van der Waals surface area contributed by atoms with E-state index in [1.54, 1.807) is 11.1 Å². The number of aliphatic hydroxyl groups excluding tert-OH is 1. The van der Waals surface area contributed by atoms with Crippen LogP contribution < -0.4 is 0 Å². The number of halogens is 1. The van der Waals surface area contributed by atoms with Crippen LogP contribution in [0, 0.1) is 5.92 Å². The highest BCUT2D eigenvalue weighted by molar-refractivity contribution is 9.10. The summed E-state index contributed by atoms with van der Waals surface area (Å²) in [4.78, 5) is 18.0. The van der Waals surface area contributed by atoms with Gasteiger partial charge in [-0.25, -0.2) is 4.79 Å². The van der Waals surface area contributed by atoms with Crippen molar-refractivity contribution >= 4 is 22.0 Å². The smallest absolute Gasteiger partial charge is 0.410 e. The summed E-state index contributed by atoms with van der Waals surface area (Å²) in [6.07, 6.45) is 2.21. The van der Waals surface area contributed by atoms with Gasteiger partial charge in [-0.05, 0) is 55.3 Å². The van der Waals surface area contributed by atoms with Gasteiger partial charge in [-0.3, -0.25) is 4.98 Å². The second-order valence-corrected chi connectivity index (χ2v) is 7.63. The molecular weight excluding hydrogens is 348 g/mol. The molecule has 0 saturated carbocycles. The van der Waals surface area contributed by atoms with Crippen molar-refractivity contribution in [1.82, 2.24) is 9.88 Å². The van der Waals surface area contributed by atoms with Crippen molar-refractivity contribution in [3.05, 3.63) is 28.5 Å². The number of pyridine rings is 1. The molecule has 0 bridgehead atoms. The van der Waals surface area contributed by atoms with Gasteiger partial charge < -0.3 is 14.7 Å². The molecule has 2 unspecified atom stereocenters. The maximum atomic E-state index is 12.0. The first-order valence-corrected chi connectivity index (χ1v) is 8.30. The molecule has 0 aromatic carbocycles. The summed E-state index contributed by atoms with van der Waals surface area (Å²) in [5.41, 5.74) is 0.362. The fraction of sp³-hybridized carbons (Fsp3) is 0.625. The van der Waals surface area contributed by atoms with Crippen LogP contribution in [0.2, 0.25) is 0 Å². The first-order valence-electron chi connectivity index (χ1n) is 7.51. The van der Waals surface area contributed by atoms with Crippen molar-refractivity contribution in [2.24, 2.45) is 5.92 Å². The molecule has 22 heavy (non-hydrogen) atoms. The lowest BCUT2D eigenvalue weighted by atomic mass is 9.97. The zero-order valence-electron chi connectivity index (χ0n) is 13.3. The highest BCUT2D eigenvalue weighted by Gasteiger charge is 2.33. The lowest BCUT2D eigenvalue weighted by molar-refractivity contribution is 0.0269. The van der Waals surface area contributed by atoms with Crippen LogP contribution in [0.5, 0.6) is 0 Å². The summed E-state index contributed by atoms with van der Waals surface area (Å²) in [5, 5.41) is 10.4. The molecule has 1 aromatic rings. The Morgan fingerprint density at radius 1 is 1.55 bits per heavy atom. The Bertz CT molecular complexity index is 513. The highest BCUT2D eigenvalue weighted by Crippen LogP contribution is 2.24. The van der Waals surface area contributed by atoms with E-state index in [2.05, 4.69) is 20.9 Å². The summed E-state index contributed by atoms with van der Waals surface area (Å²) in [6.45, 7) is 6.72. The number of hydrogen-bond acceptors (Lipinski definition) is 4. The molecule has 1 amide bonds. The van der Waals surface area contributed by atoms with Crippen molar-refractivity contribution in [3.8, 4) is 0 Å². The minimum atomic E-state index is -0.499. The molecule has 1 aromatic heterocycles. The second kappa shape index (κ2) is 6.96. The van der Waals surface area contributed by atoms with Gasteiger partial charge in [-0.15, -0.1) is 0 Å². The molecule has 1 aliphatic rings. The summed E-state index contributed by atoms with van der Waals surface area (Å²) in [7, 11) is 0. The molecule has 2 atom stereocenters. The fourth-order valence-corrected chi connectivity index (χ4v) is 2.74. The average molecular weight is 371 g/mol. The van der Waals surface area contributed by atoms with Gasteiger partial charge in [-0.1, -0.05) is 0 Å². The highest BCUT2D eigenvalue weighted by atomic mass is 79.9.